The Hall–Kier alpha value is -2.35. The second-order valence-corrected chi connectivity index (χ2v) is 6.31. The van der Waals surface area contributed by atoms with Crippen LogP contribution < -0.4 is 0 Å². The fourth-order valence-electron chi connectivity index (χ4n) is 1.77. The Bertz CT molecular complexity index is 798. The molecule has 1 rings (SSSR count). The quantitative estimate of drug-likeness (QED) is 0.448. The maximum Gasteiger partial charge on any atom is 0.419 e. The molecule has 0 heterocycles. The van der Waals surface area contributed by atoms with E-state index in [1.54, 1.807) is 0 Å². The summed E-state index contributed by atoms with van der Waals surface area (Å²) in [6.45, 7) is -2.93. The number of esters is 1. The van der Waals surface area contributed by atoms with Gasteiger partial charge in [0.05, 0.1) is 11.1 Å². The molecular weight excluding hydrogens is 402 g/mol. The number of benzene rings is 1. The van der Waals surface area contributed by atoms with E-state index in [1.807, 2.05) is 0 Å². The van der Waals surface area contributed by atoms with Gasteiger partial charge < -0.3 is 14.4 Å². The van der Waals surface area contributed by atoms with Gasteiger partial charge in [-0.15, -0.1) is 0 Å². The Kier molecular flexibility index (Phi) is 5.63. The highest BCUT2D eigenvalue weighted by Gasteiger charge is 2.76. The predicted octanol–water partition coefficient (Wildman–Crippen LogP) is 1.95. The van der Waals surface area contributed by atoms with Crippen molar-refractivity contribution in [3.63, 3.8) is 0 Å². The minimum Gasteiger partial charge on any atom is -0.747 e. The number of carbonyl (C=O) groups excluding carboxylic acids is 1. The van der Waals surface area contributed by atoms with E-state index in [1.165, 1.54) is 0 Å². The summed E-state index contributed by atoms with van der Waals surface area (Å²) >= 11 is 0. The lowest BCUT2D eigenvalue weighted by molar-refractivity contribution is -0.275. The number of carboxylic acid groups (broad SMARTS) is 1. The van der Waals surface area contributed by atoms with Crippen molar-refractivity contribution in [2.24, 2.45) is 0 Å². The Morgan fingerprint density at radius 3 is 1.77 bits per heavy atom. The number of halogens is 6. The fraction of sp³-hybridized carbons (Fsp3) is 0.333. The van der Waals surface area contributed by atoms with E-state index in [0.29, 0.717) is 6.07 Å². The van der Waals surface area contributed by atoms with Gasteiger partial charge in [-0.3, -0.25) is 0 Å². The van der Waals surface area contributed by atoms with Crippen LogP contribution in [0.5, 0.6) is 0 Å². The summed E-state index contributed by atoms with van der Waals surface area (Å²) in [4.78, 5) is 22.6. The average molecular weight is 409 g/mol. The summed E-state index contributed by atoms with van der Waals surface area (Å²) in [6, 6.07) is 3.62. The van der Waals surface area contributed by atoms with Crippen LogP contribution in [0.15, 0.2) is 24.3 Å². The first kappa shape index (κ1) is 21.7. The minimum atomic E-state index is -7.14. The van der Waals surface area contributed by atoms with Crippen molar-refractivity contribution in [1.82, 2.24) is 0 Å². The van der Waals surface area contributed by atoms with E-state index in [4.69, 9.17) is 5.11 Å². The summed E-state index contributed by atoms with van der Waals surface area (Å²) in [5, 5.41) is 8.82. The molecule has 1 aromatic carbocycles. The molecule has 0 aliphatic carbocycles. The summed E-state index contributed by atoms with van der Waals surface area (Å²) < 4.78 is 107. The molecule has 0 saturated carbocycles. The van der Waals surface area contributed by atoms with Crippen molar-refractivity contribution in [1.29, 1.82) is 0 Å². The molecule has 0 radical (unpaired) electrons. The molecular formula is C12H7F6O7S-. The van der Waals surface area contributed by atoms with Gasteiger partial charge in [0.2, 0.25) is 0 Å². The van der Waals surface area contributed by atoms with E-state index in [9.17, 15) is 48.9 Å². The number of carbonyl (C=O) groups is 2. The number of alkyl halides is 6. The lowest BCUT2D eigenvalue weighted by Crippen LogP contribution is -2.65. The highest BCUT2D eigenvalue weighted by Crippen LogP contribution is 2.48. The van der Waals surface area contributed by atoms with E-state index in [-0.39, 0.29) is 0 Å². The van der Waals surface area contributed by atoms with Gasteiger partial charge in [-0.25, -0.2) is 18.0 Å². The largest absolute Gasteiger partial charge is 0.747 e. The number of hydrogen-bond acceptors (Lipinski definition) is 6. The minimum absolute atomic E-state index is 0.709. The zero-order chi connectivity index (χ0) is 20.6. The third-order valence-electron chi connectivity index (χ3n) is 3.13. The number of hydrogen-bond donors (Lipinski definition) is 1. The number of rotatable bonds is 5. The van der Waals surface area contributed by atoms with Crippen LogP contribution in [0, 0.1) is 0 Å². The van der Waals surface area contributed by atoms with Crippen LogP contribution in [0.3, 0.4) is 0 Å². The molecule has 7 nitrogen and oxygen atoms in total. The van der Waals surface area contributed by atoms with Crippen LogP contribution in [0.2, 0.25) is 0 Å². The molecule has 0 saturated heterocycles. The maximum absolute atomic E-state index is 12.8. The van der Waals surface area contributed by atoms with Gasteiger partial charge in [-0.1, -0.05) is 12.1 Å². The van der Waals surface area contributed by atoms with Crippen LogP contribution in [-0.4, -0.2) is 53.7 Å². The molecule has 0 aliphatic heterocycles. The number of aromatic carboxylic acids is 1. The Morgan fingerprint density at radius 2 is 1.42 bits per heavy atom. The van der Waals surface area contributed by atoms with Gasteiger partial charge in [-0.2, -0.15) is 26.3 Å². The van der Waals surface area contributed by atoms with E-state index in [2.05, 4.69) is 4.74 Å². The molecule has 0 aliphatic rings. The fourth-order valence-corrected chi connectivity index (χ4v) is 2.54. The summed E-state index contributed by atoms with van der Waals surface area (Å²) in [5.74, 6) is -3.75. The topological polar surface area (TPSA) is 121 Å². The molecule has 0 unspecified atom stereocenters. The predicted molar refractivity (Wildman–Crippen MR) is 68.2 cm³/mol. The standard InChI is InChI=1S/C12H8F6O7S/c13-11(14,15)10(12(16,17)18,26(22,23)24)5-25-9(21)7-4-2-1-3-6(7)8(19)20/h1-4H,5H2,(H,19,20)(H,22,23,24)/p-1. The monoisotopic (exact) mass is 409 g/mol. The Balaban J connectivity index is 3.37. The lowest BCUT2D eigenvalue weighted by Gasteiger charge is -2.37. The molecule has 26 heavy (non-hydrogen) atoms. The molecule has 0 atom stereocenters. The lowest BCUT2D eigenvalue weighted by atomic mass is 10.1. The first-order valence-electron chi connectivity index (χ1n) is 6.14. The van der Waals surface area contributed by atoms with Crippen LogP contribution in [0.1, 0.15) is 20.7 Å². The van der Waals surface area contributed by atoms with Gasteiger partial charge in [0.15, 0.2) is 0 Å². The smallest absolute Gasteiger partial charge is 0.419 e. The van der Waals surface area contributed by atoms with Crippen molar-refractivity contribution in [3.05, 3.63) is 35.4 Å². The second kappa shape index (κ2) is 6.75. The third-order valence-corrected chi connectivity index (χ3v) is 4.56. The van der Waals surface area contributed by atoms with Crippen LogP contribution in [-0.2, 0) is 14.9 Å². The summed E-state index contributed by atoms with van der Waals surface area (Å²) in [5.41, 5.74) is -1.77. The summed E-state index contributed by atoms with van der Waals surface area (Å²) in [7, 11) is -7.14. The van der Waals surface area contributed by atoms with Crippen molar-refractivity contribution < 1.29 is 58.7 Å². The average Bonchev–Trinajstić information content (AvgIpc) is 2.42. The Morgan fingerprint density at radius 1 is 1.00 bits per heavy atom. The van der Waals surface area contributed by atoms with Crippen molar-refractivity contribution in [2.75, 3.05) is 6.61 Å². The highest BCUT2D eigenvalue weighted by molar-refractivity contribution is 7.87. The normalized spacial score (nSPS) is 13.3. The van der Waals surface area contributed by atoms with Gasteiger partial charge in [-0.05, 0) is 12.1 Å². The van der Waals surface area contributed by atoms with Crippen LogP contribution >= 0.6 is 0 Å². The molecule has 14 heteroatoms. The van der Waals surface area contributed by atoms with Gasteiger partial charge in [0, 0.05) is 0 Å². The zero-order valence-corrected chi connectivity index (χ0v) is 12.9. The first-order chi connectivity index (χ1) is 11.6. The molecule has 1 N–H and O–H groups in total. The van der Waals surface area contributed by atoms with Crippen molar-refractivity contribution >= 4 is 22.1 Å². The van der Waals surface area contributed by atoms with Gasteiger partial charge in [0.25, 0.3) is 4.75 Å². The van der Waals surface area contributed by atoms with Crippen LogP contribution in [0.4, 0.5) is 26.3 Å². The van der Waals surface area contributed by atoms with Gasteiger partial charge >= 0.3 is 24.3 Å². The zero-order valence-electron chi connectivity index (χ0n) is 12.1. The third kappa shape index (κ3) is 3.75. The van der Waals surface area contributed by atoms with Crippen molar-refractivity contribution in [3.8, 4) is 0 Å². The highest BCUT2D eigenvalue weighted by atomic mass is 32.2. The summed E-state index contributed by atoms with van der Waals surface area (Å²) in [6.07, 6.45) is -13.3. The molecule has 0 spiro atoms. The van der Waals surface area contributed by atoms with Crippen LogP contribution in [0.25, 0.3) is 0 Å². The first-order valence-corrected chi connectivity index (χ1v) is 7.55. The Labute approximate surface area is 140 Å². The molecule has 0 amide bonds. The second-order valence-electron chi connectivity index (χ2n) is 4.70. The molecule has 0 fully saturated rings. The molecule has 1 aromatic rings. The molecule has 146 valence electrons. The van der Waals surface area contributed by atoms with Crippen molar-refractivity contribution in [2.45, 2.75) is 17.1 Å². The number of ether oxygens (including phenoxy) is 1. The SMILES string of the molecule is O=C(O)c1ccccc1C(=O)OCC(C(F)(F)F)(C(F)(F)F)S(=O)(=O)[O-]. The molecule has 0 bridgehead atoms. The number of carboxylic acids is 1. The van der Waals surface area contributed by atoms with E-state index >= 15 is 0 Å². The molecule has 0 aromatic heterocycles. The maximum atomic E-state index is 12.8. The van der Waals surface area contributed by atoms with E-state index in [0.717, 1.165) is 18.2 Å². The van der Waals surface area contributed by atoms with Gasteiger partial charge in [0.1, 0.15) is 16.7 Å². The van der Waals surface area contributed by atoms with E-state index < -0.39 is 56.9 Å².